The normalized spacial score (nSPS) is 17.7. The van der Waals surface area contributed by atoms with Gasteiger partial charge in [0.2, 0.25) is 0 Å². The lowest BCUT2D eigenvalue weighted by Crippen LogP contribution is -2.14. The Morgan fingerprint density at radius 1 is 0.889 bits per heavy atom. The van der Waals surface area contributed by atoms with Gasteiger partial charge in [0.25, 0.3) is 0 Å². The van der Waals surface area contributed by atoms with Crippen molar-refractivity contribution < 1.29 is 22.7 Å². The predicted octanol–water partition coefficient (Wildman–Crippen LogP) is 9.02. The molecule has 1 fully saturated rings. The summed E-state index contributed by atoms with van der Waals surface area (Å²) < 4.78 is 49.7. The van der Waals surface area contributed by atoms with E-state index >= 15 is 8.78 Å². The Hall–Kier alpha value is -3.08. The molecule has 0 aliphatic heterocycles. The summed E-state index contributed by atoms with van der Waals surface area (Å²) in [5.41, 5.74) is 1.81. The van der Waals surface area contributed by atoms with Crippen molar-refractivity contribution in [3.8, 4) is 16.9 Å². The molecular formula is C31H33F3O2. The molecule has 0 unspecified atom stereocenters. The Morgan fingerprint density at radius 2 is 1.61 bits per heavy atom. The summed E-state index contributed by atoms with van der Waals surface area (Å²) >= 11 is 0. The standard InChI is InChI=1S/C31H33F3O2/c1-3-5-6-23-11-12-24(19-28(23)32)31(35)36-25-15-13-22(14-16-25)27-18-17-26(29(33)30(27)34)21-9-7-20(4-2)8-10-21/h11-21H,3-10H2,1-2H3. The molecule has 0 heterocycles. The van der Waals surface area contributed by atoms with Crippen LogP contribution in [0, 0.1) is 23.4 Å². The van der Waals surface area contributed by atoms with Crippen LogP contribution in [-0.4, -0.2) is 5.97 Å². The Labute approximate surface area is 211 Å². The van der Waals surface area contributed by atoms with Crippen LogP contribution in [0.1, 0.15) is 86.2 Å². The molecule has 0 aromatic heterocycles. The molecule has 1 saturated carbocycles. The molecule has 5 heteroatoms. The third kappa shape index (κ3) is 5.83. The summed E-state index contributed by atoms with van der Waals surface area (Å²) in [6.45, 7) is 4.21. The number of rotatable bonds is 8. The molecule has 1 aliphatic rings. The third-order valence-corrected chi connectivity index (χ3v) is 7.44. The Bertz CT molecular complexity index is 1200. The zero-order valence-electron chi connectivity index (χ0n) is 21.0. The van der Waals surface area contributed by atoms with E-state index in [-0.39, 0.29) is 22.8 Å². The molecule has 1 aliphatic carbocycles. The fraction of sp³-hybridized carbons (Fsp3) is 0.387. The third-order valence-electron chi connectivity index (χ3n) is 7.44. The van der Waals surface area contributed by atoms with E-state index in [2.05, 4.69) is 6.92 Å². The molecule has 3 aromatic rings. The van der Waals surface area contributed by atoms with E-state index in [1.807, 2.05) is 6.92 Å². The van der Waals surface area contributed by atoms with E-state index in [0.29, 0.717) is 29.0 Å². The van der Waals surface area contributed by atoms with Crippen LogP contribution in [0.25, 0.3) is 11.1 Å². The Morgan fingerprint density at radius 3 is 2.25 bits per heavy atom. The van der Waals surface area contributed by atoms with Crippen molar-refractivity contribution in [2.24, 2.45) is 5.92 Å². The van der Waals surface area contributed by atoms with Gasteiger partial charge >= 0.3 is 5.97 Å². The van der Waals surface area contributed by atoms with E-state index < -0.39 is 23.4 Å². The number of hydrogen-bond acceptors (Lipinski definition) is 2. The summed E-state index contributed by atoms with van der Waals surface area (Å²) in [7, 11) is 0. The average molecular weight is 495 g/mol. The molecule has 4 rings (SSSR count). The zero-order valence-corrected chi connectivity index (χ0v) is 21.0. The van der Waals surface area contributed by atoms with Crippen LogP contribution in [0.2, 0.25) is 0 Å². The summed E-state index contributed by atoms with van der Waals surface area (Å²) in [6, 6.07) is 13.9. The van der Waals surface area contributed by atoms with Gasteiger partial charge in [-0.3, -0.25) is 0 Å². The van der Waals surface area contributed by atoms with Gasteiger partial charge in [0.15, 0.2) is 11.6 Å². The number of hydrogen-bond donors (Lipinski definition) is 0. The molecule has 190 valence electrons. The first-order chi connectivity index (χ1) is 17.4. The average Bonchev–Trinajstić information content (AvgIpc) is 2.90. The topological polar surface area (TPSA) is 26.3 Å². The Kier molecular flexibility index (Phi) is 8.50. The molecule has 3 aromatic carbocycles. The van der Waals surface area contributed by atoms with Gasteiger partial charge in [-0.2, -0.15) is 0 Å². The summed E-state index contributed by atoms with van der Waals surface area (Å²) in [5.74, 6) is -1.74. The van der Waals surface area contributed by atoms with Gasteiger partial charge < -0.3 is 4.74 Å². The van der Waals surface area contributed by atoms with Crippen molar-refractivity contribution in [1.29, 1.82) is 0 Å². The van der Waals surface area contributed by atoms with Crippen LogP contribution in [0.15, 0.2) is 54.6 Å². The number of carbonyl (C=O) groups excluding carboxylic acids is 1. The number of unbranched alkanes of at least 4 members (excludes halogenated alkanes) is 1. The second-order valence-electron chi connectivity index (χ2n) is 9.78. The highest BCUT2D eigenvalue weighted by molar-refractivity contribution is 5.91. The largest absolute Gasteiger partial charge is 0.423 e. The van der Waals surface area contributed by atoms with Gasteiger partial charge in [-0.05, 0) is 91.3 Å². The van der Waals surface area contributed by atoms with Crippen molar-refractivity contribution in [2.45, 2.75) is 71.1 Å². The molecule has 0 N–H and O–H groups in total. The lowest BCUT2D eigenvalue weighted by Gasteiger charge is -2.28. The van der Waals surface area contributed by atoms with Gasteiger partial charge in [0, 0.05) is 5.56 Å². The number of carbonyl (C=O) groups is 1. The first kappa shape index (κ1) is 26.0. The molecule has 0 bridgehead atoms. The van der Waals surface area contributed by atoms with E-state index in [1.54, 1.807) is 36.4 Å². The monoisotopic (exact) mass is 494 g/mol. The molecular weight excluding hydrogens is 461 g/mol. The van der Waals surface area contributed by atoms with Gasteiger partial charge in [-0.25, -0.2) is 18.0 Å². The predicted molar refractivity (Wildman–Crippen MR) is 137 cm³/mol. The second-order valence-corrected chi connectivity index (χ2v) is 9.78. The molecule has 2 nitrogen and oxygen atoms in total. The number of benzene rings is 3. The number of halogens is 3. The smallest absolute Gasteiger partial charge is 0.343 e. The van der Waals surface area contributed by atoms with Gasteiger partial charge in [0.05, 0.1) is 5.56 Å². The van der Waals surface area contributed by atoms with Crippen LogP contribution < -0.4 is 4.74 Å². The maximum Gasteiger partial charge on any atom is 0.343 e. The minimum Gasteiger partial charge on any atom is -0.423 e. The van der Waals surface area contributed by atoms with Gasteiger partial charge in [-0.1, -0.05) is 57.0 Å². The summed E-state index contributed by atoms with van der Waals surface area (Å²) in [5, 5.41) is 0. The highest BCUT2D eigenvalue weighted by Crippen LogP contribution is 2.39. The van der Waals surface area contributed by atoms with E-state index in [4.69, 9.17) is 4.74 Å². The van der Waals surface area contributed by atoms with Gasteiger partial charge in [0.1, 0.15) is 11.6 Å². The lowest BCUT2D eigenvalue weighted by atomic mass is 9.77. The van der Waals surface area contributed by atoms with Crippen molar-refractivity contribution in [3.63, 3.8) is 0 Å². The fourth-order valence-electron chi connectivity index (χ4n) is 5.10. The van der Waals surface area contributed by atoms with Crippen molar-refractivity contribution in [3.05, 3.63) is 88.7 Å². The minimum absolute atomic E-state index is 0.0590. The maximum absolute atomic E-state index is 15.0. The van der Waals surface area contributed by atoms with Crippen LogP contribution in [0.5, 0.6) is 5.75 Å². The molecule has 0 atom stereocenters. The Balaban J connectivity index is 1.44. The van der Waals surface area contributed by atoms with E-state index in [0.717, 1.165) is 44.9 Å². The van der Waals surface area contributed by atoms with Crippen molar-refractivity contribution >= 4 is 5.97 Å². The molecule has 0 radical (unpaired) electrons. The zero-order chi connectivity index (χ0) is 25.7. The minimum atomic E-state index is -0.853. The fourth-order valence-corrected chi connectivity index (χ4v) is 5.10. The maximum atomic E-state index is 15.0. The van der Waals surface area contributed by atoms with Crippen molar-refractivity contribution in [2.75, 3.05) is 0 Å². The highest BCUT2D eigenvalue weighted by Gasteiger charge is 2.26. The second kappa shape index (κ2) is 11.8. The molecule has 0 amide bonds. The van der Waals surface area contributed by atoms with Crippen LogP contribution in [0.3, 0.4) is 0 Å². The van der Waals surface area contributed by atoms with Crippen molar-refractivity contribution in [1.82, 2.24) is 0 Å². The SMILES string of the molecule is CCCCc1ccc(C(=O)Oc2ccc(-c3ccc(C4CCC(CC)CC4)c(F)c3F)cc2)cc1F. The molecule has 36 heavy (non-hydrogen) atoms. The highest BCUT2D eigenvalue weighted by atomic mass is 19.2. The van der Waals surface area contributed by atoms with E-state index in [9.17, 15) is 9.18 Å². The van der Waals surface area contributed by atoms with Gasteiger partial charge in [-0.15, -0.1) is 0 Å². The number of aryl methyl sites for hydroxylation is 1. The lowest BCUT2D eigenvalue weighted by molar-refractivity contribution is 0.0734. The first-order valence-electron chi connectivity index (χ1n) is 13.0. The number of ether oxygens (including phenoxy) is 1. The first-order valence-corrected chi connectivity index (χ1v) is 13.0. The quantitative estimate of drug-likeness (QED) is 0.231. The van der Waals surface area contributed by atoms with Crippen LogP contribution >= 0.6 is 0 Å². The number of esters is 1. The van der Waals surface area contributed by atoms with Crippen LogP contribution in [-0.2, 0) is 6.42 Å². The molecule has 0 saturated heterocycles. The molecule has 0 spiro atoms. The van der Waals surface area contributed by atoms with E-state index in [1.165, 1.54) is 18.2 Å². The summed E-state index contributed by atoms with van der Waals surface area (Å²) in [6.07, 6.45) is 7.48. The van der Waals surface area contributed by atoms with Crippen LogP contribution in [0.4, 0.5) is 13.2 Å². The summed E-state index contributed by atoms with van der Waals surface area (Å²) in [4.78, 5) is 12.5.